The fourth-order valence-electron chi connectivity index (χ4n) is 3.22. The van der Waals surface area contributed by atoms with E-state index in [4.69, 9.17) is 35.0 Å². The number of carboxylic acid groups (broad SMARTS) is 2. The molecule has 1 saturated heterocycles. The number of morpholine rings is 1. The molecule has 228 valence electrons. The molecule has 3 rings (SSSR count). The summed E-state index contributed by atoms with van der Waals surface area (Å²) < 4.78 is 74.7. The first kappa shape index (κ1) is 35.2. The second-order valence-electron chi connectivity index (χ2n) is 8.44. The number of alkyl halides is 6. The molecule has 1 amide bonds. The van der Waals surface area contributed by atoms with Gasteiger partial charge in [-0.25, -0.2) is 9.59 Å². The zero-order valence-corrected chi connectivity index (χ0v) is 21.7. The van der Waals surface area contributed by atoms with Crippen molar-refractivity contribution >= 4 is 17.8 Å². The Kier molecular flexibility index (Phi) is 14.6. The molecule has 2 aromatic carbocycles. The third kappa shape index (κ3) is 14.9. The standard InChI is InChI=1S/C22H28N2O3.2C2HF3O2/c23-22(25)20-6-4-5-19(17-20)18-7-9-21(10-8-18)27-14-3-1-2-11-24-12-15-26-16-13-24;2*3-2(4,5)1(6)7/h4-10,17H,1-3,11-16H2,(H2,23,25);2*(H,6,7). The molecule has 41 heavy (non-hydrogen) atoms. The van der Waals surface area contributed by atoms with Crippen LogP contribution in [0.5, 0.6) is 5.75 Å². The molecule has 0 saturated carbocycles. The lowest BCUT2D eigenvalue weighted by Gasteiger charge is -2.26. The summed E-state index contributed by atoms with van der Waals surface area (Å²) in [4.78, 5) is 31.6. The predicted octanol–water partition coefficient (Wildman–Crippen LogP) is 4.60. The summed E-state index contributed by atoms with van der Waals surface area (Å²) in [6.07, 6.45) is -6.72. The molecule has 2 aromatic rings. The van der Waals surface area contributed by atoms with Crippen LogP contribution in [0.25, 0.3) is 11.1 Å². The molecule has 0 bridgehead atoms. The number of aliphatic carboxylic acids is 2. The number of nitrogens with zero attached hydrogens (tertiary/aromatic N) is 1. The number of halogens is 6. The maximum absolute atomic E-state index is 11.3. The van der Waals surface area contributed by atoms with Gasteiger partial charge in [0, 0.05) is 18.7 Å². The van der Waals surface area contributed by atoms with Gasteiger partial charge < -0.3 is 25.4 Å². The highest BCUT2D eigenvalue weighted by Gasteiger charge is 2.38. The SMILES string of the molecule is NC(=O)c1cccc(-c2ccc(OCCCCCN3CCOCC3)cc2)c1.O=C(O)C(F)(F)F.O=C(O)C(F)(F)F. The van der Waals surface area contributed by atoms with Crippen LogP contribution in [0.2, 0.25) is 0 Å². The summed E-state index contributed by atoms with van der Waals surface area (Å²) in [6.45, 7) is 5.75. The third-order valence-corrected chi connectivity index (χ3v) is 5.31. The van der Waals surface area contributed by atoms with Crippen LogP contribution < -0.4 is 10.5 Å². The summed E-state index contributed by atoms with van der Waals surface area (Å²) in [5, 5.41) is 14.2. The number of ether oxygens (including phenoxy) is 2. The highest BCUT2D eigenvalue weighted by molar-refractivity contribution is 5.94. The molecular formula is C26H30F6N2O7. The maximum atomic E-state index is 11.3. The van der Waals surface area contributed by atoms with Gasteiger partial charge in [0.15, 0.2) is 0 Å². The van der Waals surface area contributed by atoms with Crippen molar-refractivity contribution in [3.63, 3.8) is 0 Å². The average Bonchev–Trinajstić information content (AvgIpc) is 2.91. The minimum absolute atomic E-state index is 0.412. The summed E-state index contributed by atoms with van der Waals surface area (Å²) in [6, 6.07) is 15.3. The van der Waals surface area contributed by atoms with Gasteiger partial charge in [0.05, 0.1) is 19.8 Å². The number of unbranched alkanes of at least 4 members (excludes halogenated alkanes) is 2. The monoisotopic (exact) mass is 596 g/mol. The van der Waals surface area contributed by atoms with E-state index < -0.39 is 30.2 Å². The normalized spacial score (nSPS) is 13.6. The fourth-order valence-corrected chi connectivity index (χ4v) is 3.22. The van der Waals surface area contributed by atoms with Gasteiger partial charge in [-0.05, 0) is 61.2 Å². The third-order valence-electron chi connectivity index (χ3n) is 5.31. The zero-order chi connectivity index (χ0) is 31.1. The van der Waals surface area contributed by atoms with Crippen LogP contribution in [0.15, 0.2) is 48.5 Å². The van der Waals surface area contributed by atoms with E-state index in [-0.39, 0.29) is 0 Å². The van der Waals surface area contributed by atoms with Gasteiger partial charge in [-0.3, -0.25) is 9.69 Å². The van der Waals surface area contributed by atoms with Gasteiger partial charge in [-0.15, -0.1) is 0 Å². The molecule has 1 aliphatic heterocycles. The lowest BCUT2D eigenvalue weighted by molar-refractivity contribution is -0.193. The summed E-state index contributed by atoms with van der Waals surface area (Å²) >= 11 is 0. The largest absolute Gasteiger partial charge is 0.494 e. The van der Waals surface area contributed by atoms with Gasteiger partial charge in [-0.1, -0.05) is 24.3 Å². The van der Waals surface area contributed by atoms with E-state index in [0.29, 0.717) is 5.56 Å². The molecule has 0 aliphatic carbocycles. The summed E-state index contributed by atoms with van der Waals surface area (Å²) in [7, 11) is 0. The minimum Gasteiger partial charge on any atom is -0.494 e. The Morgan fingerprint density at radius 2 is 1.37 bits per heavy atom. The number of rotatable bonds is 9. The second-order valence-corrected chi connectivity index (χ2v) is 8.44. The molecule has 0 unspecified atom stereocenters. The number of amides is 1. The van der Waals surface area contributed by atoms with Gasteiger partial charge >= 0.3 is 24.3 Å². The topological polar surface area (TPSA) is 139 Å². The van der Waals surface area contributed by atoms with E-state index in [1.165, 1.54) is 12.8 Å². The predicted molar refractivity (Wildman–Crippen MR) is 134 cm³/mol. The Hall–Kier alpha value is -3.85. The lowest BCUT2D eigenvalue weighted by atomic mass is 10.0. The Labute approximate surface area is 231 Å². The van der Waals surface area contributed by atoms with Crippen LogP contribution in [0.4, 0.5) is 26.3 Å². The van der Waals surface area contributed by atoms with Crippen molar-refractivity contribution < 1.29 is 60.4 Å². The highest BCUT2D eigenvalue weighted by atomic mass is 19.4. The van der Waals surface area contributed by atoms with Crippen LogP contribution in [0.3, 0.4) is 0 Å². The number of nitrogens with two attached hydrogens (primary N) is 1. The summed E-state index contributed by atoms with van der Waals surface area (Å²) in [5.74, 6) is -5.05. The van der Waals surface area contributed by atoms with E-state index in [1.807, 2.05) is 42.5 Å². The molecule has 9 nitrogen and oxygen atoms in total. The second kappa shape index (κ2) is 17.1. The number of benzene rings is 2. The lowest BCUT2D eigenvalue weighted by Crippen LogP contribution is -2.36. The Morgan fingerprint density at radius 1 is 0.829 bits per heavy atom. The van der Waals surface area contributed by atoms with Gasteiger partial charge in [0.2, 0.25) is 5.91 Å². The highest BCUT2D eigenvalue weighted by Crippen LogP contribution is 2.23. The van der Waals surface area contributed by atoms with E-state index >= 15 is 0 Å². The number of hydrogen-bond acceptors (Lipinski definition) is 6. The molecule has 0 atom stereocenters. The molecule has 4 N–H and O–H groups in total. The van der Waals surface area contributed by atoms with Crippen molar-refractivity contribution in [2.75, 3.05) is 39.5 Å². The van der Waals surface area contributed by atoms with Crippen LogP contribution in [-0.4, -0.2) is 84.8 Å². The van der Waals surface area contributed by atoms with Gasteiger partial charge in [-0.2, -0.15) is 26.3 Å². The maximum Gasteiger partial charge on any atom is 0.490 e. The van der Waals surface area contributed by atoms with E-state index in [1.54, 1.807) is 6.07 Å². The van der Waals surface area contributed by atoms with Crippen LogP contribution in [-0.2, 0) is 14.3 Å². The van der Waals surface area contributed by atoms with Crippen molar-refractivity contribution in [2.45, 2.75) is 31.6 Å². The molecule has 0 aromatic heterocycles. The zero-order valence-electron chi connectivity index (χ0n) is 21.7. The first-order valence-electron chi connectivity index (χ1n) is 12.1. The first-order chi connectivity index (χ1) is 19.1. The summed E-state index contributed by atoms with van der Waals surface area (Å²) in [5.41, 5.74) is 7.88. The van der Waals surface area contributed by atoms with Crippen LogP contribution in [0.1, 0.15) is 29.6 Å². The first-order valence-corrected chi connectivity index (χ1v) is 12.1. The van der Waals surface area contributed by atoms with Crippen LogP contribution in [0, 0.1) is 0 Å². The number of hydrogen-bond donors (Lipinski definition) is 3. The Balaban J connectivity index is 0.000000497. The smallest absolute Gasteiger partial charge is 0.490 e. The molecule has 0 spiro atoms. The molecular weight excluding hydrogens is 566 g/mol. The molecule has 1 heterocycles. The fraction of sp³-hybridized carbons (Fsp3) is 0.423. The average molecular weight is 597 g/mol. The molecule has 1 fully saturated rings. The van der Waals surface area contributed by atoms with Crippen molar-refractivity contribution in [3.8, 4) is 16.9 Å². The van der Waals surface area contributed by atoms with Crippen molar-refractivity contribution in [1.82, 2.24) is 4.90 Å². The number of carbonyl (C=O) groups is 3. The minimum atomic E-state index is -5.08. The van der Waals surface area contributed by atoms with E-state index in [0.717, 1.165) is 62.8 Å². The van der Waals surface area contributed by atoms with Gasteiger partial charge in [0.25, 0.3) is 0 Å². The number of carboxylic acids is 2. The quantitative estimate of drug-likeness (QED) is 0.282. The Morgan fingerprint density at radius 3 is 1.85 bits per heavy atom. The molecule has 1 aliphatic rings. The van der Waals surface area contributed by atoms with Crippen LogP contribution >= 0.6 is 0 Å². The van der Waals surface area contributed by atoms with Gasteiger partial charge in [0.1, 0.15) is 5.75 Å². The molecule has 0 radical (unpaired) electrons. The Bertz CT molecular complexity index is 1080. The van der Waals surface area contributed by atoms with E-state index in [9.17, 15) is 31.1 Å². The number of primary amides is 1. The van der Waals surface area contributed by atoms with Crippen molar-refractivity contribution in [3.05, 3.63) is 54.1 Å². The van der Waals surface area contributed by atoms with Crippen molar-refractivity contribution in [2.24, 2.45) is 5.73 Å². The van der Waals surface area contributed by atoms with Crippen molar-refractivity contribution in [1.29, 1.82) is 0 Å². The number of carbonyl (C=O) groups excluding carboxylic acids is 1. The van der Waals surface area contributed by atoms with E-state index in [2.05, 4.69) is 4.90 Å². The molecule has 15 heteroatoms.